The van der Waals surface area contributed by atoms with Gasteiger partial charge in [-0.05, 0) is 80.7 Å². The second-order valence-electron chi connectivity index (χ2n) is 12.4. The number of fused-ring (bicyclic) bond motifs is 1. The van der Waals surface area contributed by atoms with Gasteiger partial charge in [0.2, 0.25) is 0 Å². The molecule has 1 unspecified atom stereocenters. The lowest BCUT2D eigenvalue weighted by Gasteiger charge is -2.41. The number of benzene rings is 1. The molecule has 41 heavy (non-hydrogen) atoms. The minimum atomic E-state index is -1.15. The highest BCUT2D eigenvalue weighted by Crippen LogP contribution is 2.42. The molecule has 0 N–H and O–H groups in total. The zero-order valence-electron chi connectivity index (χ0n) is 25.5. The van der Waals surface area contributed by atoms with E-state index in [2.05, 4.69) is 0 Å². The number of amides is 2. The molecule has 10 nitrogen and oxygen atoms in total. The average Bonchev–Trinajstić information content (AvgIpc) is 2.85. The van der Waals surface area contributed by atoms with E-state index in [4.69, 9.17) is 25.9 Å². The normalized spacial score (nSPS) is 18.9. The molecule has 1 aromatic carbocycles. The van der Waals surface area contributed by atoms with E-state index in [9.17, 15) is 19.2 Å². The minimum absolute atomic E-state index is 0.159. The third-order valence-electron chi connectivity index (χ3n) is 7.13. The van der Waals surface area contributed by atoms with Gasteiger partial charge in [-0.1, -0.05) is 11.6 Å². The van der Waals surface area contributed by atoms with Crippen LogP contribution >= 0.6 is 11.6 Å². The Kier molecular flexibility index (Phi) is 10.3. The smallest absolute Gasteiger partial charge is 0.330 e. The van der Waals surface area contributed by atoms with Crippen LogP contribution in [-0.2, 0) is 24.0 Å². The van der Waals surface area contributed by atoms with Crippen LogP contribution in [0.3, 0.4) is 0 Å². The topological polar surface area (TPSA) is 106 Å². The summed E-state index contributed by atoms with van der Waals surface area (Å²) in [6.45, 7) is 15.9. The number of halogens is 1. The fraction of sp³-hybridized carbons (Fsp3) is 0.667. The molecule has 3 rings (SSSR count). The van der Waals surface area contributed by atoms with Crippen molar-refractivity contribution in [2.24, 2.45) is 5.41 Å². The largest absolute Gasteiger partial charge is 0.476 e. The molecule has 1 saturated heterocycles. The monoisotopic (exact) mass is 593 g/mol. The molecule has 2 heterocycles. The molecular weight excluding hydrogens is 550 g/mol. The van der Waals surface area contributed by atoms with Crippen molar-refractivity contribution in [2.75, 3.05) is 31.1 Å². The van der Waals surface area contributed by atoms with Crippen LogP contribution in [0.15, 0.2) is 12.1 Å². The molecule has 1 atom stereocenters. The standard InChI is InChI=1S/C30H44ClN3O7/c1-9-39-25(35)13-11-15-33-23-16-21(22(31)17-24(23)40-30(7,8)27(33)37)26(36)34(19(2)3)20-12-10-14-32(18-20)41-28(38)29(4,5)6/h16-17,19-20H,9-15,18H2,1-8H3. The first-order valence-corrected chi connectivity index (χ1v) is 14.7. The molecule has 11 heteroatoms. The third-order valence-corrected chi connectivity index (χ3v) is 7.44. The van der Waals surface area contributed by atoms with Gasteiger partial charge in [0.05, 0.1) is 34.8 Å². The van der Waals surface area contributed by atoms with Crippen molar-refractivity contribution in [3.8, 4) is 5.75 Å². The Bertz CT molecular complexity index is 1160. The second kappa shape index (κ2) is 13.0. The lowest BCUT2D eigenvalue weighted by Crippen LogP contribution is -2.54. The molecule has 2 aliphatic rings. The maximum absolute atomic E-state index is 14.1. The van der Waals surface area contributed by atoms with E-state index in [1.54, 1.807) is 68.5 Å². The van der Waals surface area contributed by atoms with E-state index in [1.165, 1.54) is 0 Å². The molecule has 0 bridgehead atoms. The van der Waals surface area contributed by atoms with Crippen LogP contribution in [-0.4, -0.2) is 77.6 Å². The number of nitrogens with zero attached hydrogens (tertiary/aromatic N) is 3. The summed E-state index contributed by atoms with van der Waals surface area (Å²) in [6.07, 6.45) is 2.04. The quantitative estimate of drug-likeness (QED) is 0.368. The van der Waals surface area contributed by atoms with E-state index >= 15 is 0 Å². The summed E-state index contributed by atoms with van der Waals surface area (Å²) in [5, 5.41) is 1.85. The van der Waals surface area contributed by atoms with Crippen molar-refractivity contribution in [3.63, 3.8) is 0 Å². The molecule has 1 aromatic rings. The first kappa shape index (κ1) is 32.7. The Balaban J connectivity index is 1.90. The van der Waals surface area contributed by atoms with Gasteiger partial charge in [0, 0.05) is 37.7 Å². The van der Waals surface area contributed by atoms with E-state index in [0.29, 0.717) is 37.6 Å². The Labute approximate surface area is 248 Å². The molecule has 0 aromatic heterocycles. The number of hydrogen-bond donors (Lipinski definition) is 0. The Morgan fingerprint density at radius 2 is 1.90 bits per heavy atom. The molecule has 0 radical (unpaired) electrons. The van der Waals surface area contributed by atoms with Gasteiger partial charge in [0.1, 0.15) is 5.75 Å². The van der Waals surface area contributed by atoms with Crippen molar-refractivity contribution in [3.05, 3.63) is 22.7 Å². The van der Waals surface area contributed by atoms with Crippen LogP contribution in [0.25, 0.3) is 0 Å². The minimum Gasteiger partial charge on any atom is -0.476 e. The average molecular weight is 594 g/mol. The summed E-state index contributed by atoms with van der Waals surface area (Å²) in [6, 6.07) is 2.80. The van der Waals surface area contributed by atoms with Crippen molar-refractivity contribution < 1.29 is 33.5 Å². The van der Waals surface area contributed by atoms with Crippen LogP contribution < -0.4 is 9.64 Å². The number of anilines is 1. The van der Waals surface area contributed by atoms with Gasteiger partial charge in [0.25, 0.3) is 11.8 Å². The fourth-order valence-corrected chi connectivity index (χ4v) is 5.27. The molecule has 0 aliphatic carbocycles. The van der Waals surface area contributed by atoms with E-state index in [0.717, 1.165) is 12.8 Å². The molecule has 228 valence electrons. The number of hydroxylamine groups is 2. The van der Waals surface area contributed by atoms with E-state index in [1.807, 2.05) is 13.8 Å². The summed E-state index contributed by atoms with van der Waals surface area (Å²) in [5.74, 6) is -0.832. The van der Waals surface area contributed by atoms with Crippen LogP contribution in [0.1, 0.15) is 91.4 Å². The molecular formula is C30H44ClN3O7. The summed E-state index contributed by atoms with van der Waals surface area (Å²) < 4.78 is 11.0. The molecule has 0 saturated carbocycles. The maximum Gasteiger partial charge on any atom is 0.330 e. The zero-order valence-corrected chi connectivity index (χ0v) is 26.3. The molecule has 2 aliphatic heterocycles. The highest BCUT2D eigenvalue weighted by Gasteiger charge is 2.42. The van der Waals surface area contributed by atoms with Gasteiger partial charge in [0.15, 0.2) is 5.60 Å². The number of carbonyl (C=O) groups excluding carboxylic acids is 4. The van der Waals surface area contributed by atoms with Crippen molar-refractivity contribution in [1.82, 2.24) is 9.96 Å². The maximum atomic E-state index is 14.1. The SMILES string of the molecule is CCOC(=O)CCCN1C(=O)C(C)(C)Oc2cc(Cl)c(C(=O)N(C(C)C)C3CCCN(OC(=O)C(C)(C)C)C3)cc21. The third kappa shape index (κ3) is 7.71. The van der Waals surface area contributed by atoms with Gasteiger partial charge in [-0.2, -0.15) is 0 Å². The molecule has 2 amide bonds. The number of ether oxygens (including phenoxy) is 2. The fourth-order valence-electron chi connectivity index (χ4n) is 5.04. The van der Waals surface area contributed by atoms with Gasteiger partial charge in [-0.25, -0.2) is 4.79 Å². The predicted molar refractivity (Wildman–Crippen MR) is 156 cm³/mol. The van der Waals surface area contributed by atoms with Gasteiger partial charge in [-0.15, -0.1) is 5.06 Å². The van der Waals surface area contributed by atoms with Crippen LogP contribution in [0.2, 0.25) is 5.02 Å². The summed E-state index contributed by atoms with van der Waals surface area (Å²) in [4.78, 5) is 60.8. The lowest BCUT2D eigenvalue weighted by molar-refractivity contribution is -0.208. The lowest BCUT2D eigenvalue weighted by atomic mass is 9.97. The number of carbonyl (C=O) groups is 4. The molecule has 1 fully saturated rings. The summed E-state index contributed by atoms with van der Waals surface area (Å²) in [5.41, 5.74) is -1.12. The van der Waals surface area contributed by atoms with Crippen molar-refractivity contribution >= 4 is 41.0 Å². The Morgan fingerprint density at radius 3 is 2.51 bits per heavy atom. The zero-order chi connectivity index (χ0) is 30.7. The number of rotatable bonds is 9. The van der Waals surface area contributed by atoms with Crippen LogP contribution in [0.5, 0.6) is 5.75 Å². The second-order valence-corrected chi connectivity index (χ2v) is 12.8. The molecule has 0 spiro atoms. The highest BCUT2D eigenvalue weighted by molar-refractivity contribution is 6.34. The predicted octanol–water partition coefficient (Wildman–Crippen LogP) is 5.01. The van der Waals surface area contributed by atoms with Gasteiger partial charge in [-0.3, -0.25) is 14.4 Å². The summed E-state index contributed by atoms with van der Waals surface area (Å²) >= 11 is 6.68. The Morgan fingerprint density at radius 1 is 1.22 bits per heavy atom. The van der Waals surface area contributed by atoms with Crippen molar-refractivity contribution in [1.29, 1.82) is 0 Å². The first-order chi connectivity index (χ1) is 19.1. The first-order valence-electron chi connectivity index (χ1n) is 14.4. The number of esters is 1. The number of hydrogen-bond acceptors (Lipinski definition) is 8. The van der Waals surface area contributed by atoms with Crippen molar-refractivity contribution in [2.45, 2.75) is 98.8 Å². The summed E-state index contributed by atoms with van der Waals surface area (Å²) in [7, 11) is 0. The van der Waals surface area contributed by atoms with E-state index in [-0.39, 0.29) is 59.4 Å². The Hall–Kier alpha value is -2.85. The number of piperidine rings is 1. The van der Waals surface area contributed by atoms with Gasteiger partial charge >= 0.3 is 11.9 Å². The van der Waals surface area contributed by atoms with Crippen LogP contribution in [0, 0.1) is 5.41 Å². The highest BCUT2D eigenvalue weighted by atomic mass is 35.5. The van der Waals surface area contributed by atoms with Crippen LogP contribution in [0.4, 0.5) is 5.69 Å². The van der Waals surface area contributed by atoms with E-state index < -0.39 is 11.0 Å². The van der Waals surface area contributed by atoms with Gasteiger partial charge < -0.3 is 24.1 Å².